The number of aryl methyl sites for hydroxylation is 1. The van der Waals surface area contributed by atoms with Crippen LogP contribution in [-0.4, -0.2) is 0 Å². The summed E-state index contributed by atoms with van der Waals surface area (Å²) in [5.41, 5.74) is 5.85. The van der Waals surface area contributed by atoms with Gasteiger partial charge in [0.25, 0.3) is 0 Å². The Labute approximate surface area is 104 Å². The maximum absolute atomic E-state index is 5.79. The predicted molar refractivity (Wildman–Crippen MR) is 70.2 cm³/mol. The van der Waals surface area contributed by atoms with Gasteiger partial charge in [-0.05, 0) is 48.1 Å². The van der Waals surface area contributed by atoms with Gasteiger partial charge >= 0.3 is 0 Å². The van der Waals surface area contributed by atoms with Crippen LogP contribution in [0.3, 0.4) is 0 Å². The third-order valence-corrected chi connectivity index (χ3v) is 4.76. The highest BCUT2D eigenvalue weighted by molar-refractivity contribution is 5.28. The molecule has 3 atom stereocenters. The zero-order chi connectivity index (χ0) is 11.8. The molecule has 3 N–H and O–H groups in total. The van der Waals surface area contributed by atoms with Crippen LogP contribution in [0.4, 0.5) is 0 Å². The van der Waals surface area contributed by atoms with Crippen molar-refractivity contribution in [3.63, 3.8) is 0 Å². The van der Waals surface area contributed by atoms with Gasteiger partial charge < -0.3 is 0 Å². The van der Waals surface area contributed by atoms with E-state index in [1.165, 1.54) is 30.4 Å². The first-order chi connectivity index (χ1) is 8.35. The van der Waals surface area contributed by atoms with Crippen LogP contribution in [0.25, 0.3) is 0 Å². The summed E-state index contributed by atoms with van der Waals surface area (Å²) in [5.74, 6) is 8.47. The van der Waals surface area contributed by atoms with Crippen LogP contribution in [-0.2, 0) is 6.42 Å². The van der Waals surface area contributed by atoms with Gasteiger partial charge in [-0.25, -0.2) is 0 Å². The van der Waals surface area contributed by atoms with Gasteiger partial charge in [-0.1, -0.05) is 37.6 Å². The average molecular weight is 230 g/mol. The topological polar surface area (TPSA) is 38.0 Å². The molecule has 2 aliphatic rings. The van der Waals surface area contributed by atoms with Crippen molar-refractivity contribution in [1.29, 1.82) is 0 Å². The lowest BCUT2D eigenvalue weighted by molar-refractivity contribution is 0.425. The van der Waals surface area contributed by atoms with Gasteiger partial charge in [0.1, 0.15) is 0 Å². The summed E-state index contributed by atoms with van der Waals surface area (Å²) < 4.78 is 0. The second kappa shape index (κ2) is 4.43. The van der Waals surface area contributed by atoms with Gasteiger partial charge in [-0.3, -0.25) is 11.3 Å². The Morgan fingerprint density at radius 3 is 2.76 bits per heavy atom. The van der Waals surface area contributed by atoms with Crippen LogP contribution in [0.1, 0.15) is 43.4 Å². The highest BCUT2D eigenvalue weighted by atomic mass is 15.2. The van der Waals surface area contributed by atoms with Crippen LogP contribution in [0.15, 0.2) is 24.3 Å². The Hall–Kier alpha value is -0.860. The molecule has 3 unspecified atom stereocenters. The van der Waals surface area contributed by atoms with Crippen molar-refractivity contribution >= 4 is 0 Å². The smallest absolute Gasteiger partial charge is 0.0493 e. The van der Waals surface area contributed by atoms with E-state index >= 15 is 0 Å². The summed E-state index contributed by atoms with van der Waals surface area (Å²) in [7, 11) is 0. The molecular weight excluding hydrogens is 208 g/mol. The summed E-state index contributed by atoms with van der Waals surface area (Å²) in [6.45, 7) is 2.20. The van der Waals surface area contributed by atoms with Crippen molar-refractivity contribution in [1.82, 2.24) is 5.43 Å². The van der Waals surface area contributed by atoms with E-state index in [4.69, 9.17) is 5.84 Å². The SMILES string of the molecule is CCc1cccc(C(NN)C2C3CCCC32)c1. The molecule has 0 bridgehead atoms. The fourth-order valence-corrected chi connectivity index (χ4v) is 3.81. The number of benzene rings is 1. The molecule has 0 aromatic heterocycles. The number of hydrogen-bond acceptors (Lipinski definition) is 2. The quantitative estimate of drug-likeness (QED) is 0.616. The molecule has 0 amide bonds. The number of fused-ring (bicyclic) bond motifs is 1. The fraction of sp³-hybridized carbons (Fsp3) is 0.600. The molecule has 2 fully saturated rings. The Balaban J connectivity index is 1.80. The predicted octanol–water partition coefficient (Wildman–Crippen LogP) is 2.80. The van der Waals surface area contributed by atoms with Crippen LogP contribution in [0, 0.1) is 17.8 Å². The van der Waals surface area contributed by atoms with E-state index in [0.717, 1.165) is 24.2 Å². The molecular formula is C15H22N2. The number of hydrogen-bond donors (Lipinski definition) is 2. The van der Waals surface area contributed by atoms with Gasteiger partial charge in [-0.15, -0.1) is 0 Å². The molecule has 3 rings (SSSR count). The molecule has 0 radical (unpaired) electrons. The minimum Gasteiger partial charge on any atom is -0.271 e. The van der Waals surface area contributed by atoms with Crippen molar-refractivity contribution in [2.75, 3.05) is 0 Å². The largest absolute Gasteiger partial charge is 0.271 e. The van der Waals surface area contributed by atoms with E-state index in [9.17, 15) is 0 Å². The van der Waals surface area contributed by atoms with Crippen LogP contribution < -0.4 is 11.3 Å². The monoisotopic (exact) mass is 230 g/mol. The zero-order valence-corrected chi connectivity index (χ0v) is 10.5. The maximum atomic E-state index is 5.79. The molecule has 2 aliphatic carbocycles. The Morgan fingerprint density at radius 2 is 2.12 bits per heavy atom. The van der Waals surface area contributed by atoms with Gasteiger partial charge in [0, 0.05) is 6.04 Å². The van der Waals surface area contributed by atoms with Crippen LogP contribution in [0.5, 0.6) is 0 Å². The zero-order valence-electron chi connectivity index (χ0n) is 10.5. The van der Waals surface area contributed by atoms with E-state index in [1.807, 2.05) is 0 Å². The summed E-state index contributed by atoms with van der Waals surface area (Å²) in [6, 6.07) is 9.27. The number of hydrazine groups is 1. The number of nitrogens with one attached hydrogen (secondary N) is 1. The molecule has 2 nitrogen and oxygen atoms in total. The molecule has 2 saturated carbocycles. The third kappa shape index (κ3) is 1.90. The minimum absolute atomic E-state index is 0.372. The summed E-state index contributed by atoms with van der Waals surface area (Å²) >= 11 is 0. The van der Waals surface area contributed by atoms with Crippen molar-refractivity contribution in [3.05, 3.63) is 35.4 Å². The molecule has 0 heterocycles. The van der Waals surface area contributed by atoms with Crippen molar-refractivity contribution in [2.45, 2.75) is 38.6 Å². The Bertz CT molecular complexity index is 392. The minimum atomic E-state index is 0.372. The number of nitrogens with two attached hydrogens (primary N) is 1. The molecule has 1 aromatic carbocycles. The molecule has 0 spiro atoms. The Morgan fingerprint density at radius 1 is 1.35 bits per heavy atom. The van der Waals surface area contributed by atoms with Gasteiger partial charge in [0.2, 0.25) is 0 Å². The fourth-order valence-electron chi connectivity index (χ4n) is 3.81. The van der Waals surface area contributed by atoms with Gasteiger partial charge in [-0.2, -0.15) is 0 Å². The van der Waals surface area contributed by atoms with E-state index in [0.29, 0.717) is 6.04 Å². The number of rotatable bonds is 4. The first kappa shape index (κ1) is 11.2. The molecule has 0 saturated heterocycles. The van der Waals surface area contributed by atoms with Crippen molar-refractivity contribution < 1.29 is 0 Å². The summed E-state index contributed by atoms with van der Waals surface area (Å²) in [4.78, 5) is 0. The standard InChI is InChI=1S/C15H22N2/c1-2-10-5-3-6-11(9-10)15(17-16)14-12-7-4-8-13(12)14/h3,5-6,9,12-15,17H,2,4,7-8,16H2,1H3. The second-order valence-electron chi connectivity index (χ2n) is 5.58. The lowest BCUT2D eigenvalue weighted by Gasteiger charge is -2.19. The van der Waals surface area contributed by atoms with Gasteiger partial charge in [0.05, 0.1) is 0 Å². The van der Waals surface area contributed by atoms with Crippen LogP contribution in [0.2, 0.25) is 0 Å². The molecule has 1 aromatic rings. The first-order valence-corrected chi connectivity index (χ1v) is 6.90. The normalized spacial score (nSPS) is 32.2. The van der Waals surface area contributed by atoms with Crippen molar-refractivity contribution in [2.24, 2.45) is 23.6 Å². The third-order valence-electron chi connectivity index (χ3n) is 4.76. The van der Waals surface area contributed by atoms with E-state index in [2.05, 4.69) is 36.6 Å². The molecule has 0 aliphatic heterocycles. The van der Waals surface area contributed by atoms with E-state index in [-0.39, 0.29) is 0 Å². The highest BCUT2D eigenvalue weighted by Crippen LogP contribution is 2.62. The van der Waals surface area contributed by atoms with E-state index < -0.39 is 0 Å². The lowest BCUT2D eigenvalue weighted by Crippen LogP contribution is -2.30. The second-order valence-corrected chi connectivity index (χ2v) is 5.58. The van der Waals surface area contributed by atoms with Crippen LogP contribution >= 0.6 is 0 Å². The maximum Gasteiger partial charge on any atom is 0.0493 e. The summed E-state index contributed by atoms with van der Waals surface area (Å²) in [6.07, 6.45) is 5.36. The first-order valence-electron chi connectivity index (χ1n) is 6.90. The highest BCUT2D eigenvalue weighted by Gasteiger charge is 2.55. The van der Waals surface area contributed by atoms with Gasteiger partial charge in [0.15, 0.2) is 0 Å². The van der Waals surface area contributed by atoms with Crippen molar-refractivity contribution in [3.8, 4) is 0 Å². The molecule has 2 heteroatoms. The van der Waals surface area contributed by atoms with E-state index in [1.54, 1.807) is 0 Å². The average Bonchev–Trinajstić information content (AvgIpc) is 2.85. The summed E-state index contributed by atoms with van der Waals surface area (Å²) in [5, 5.41) is 0. The molecule has 92 valence electrons. The Kier molecular flexibility index (Phi) is 2.93. The molecule has 17 heavy (non-hydrogen) atoms. The lowest BCUT2D eigenvalue weighted by atomic mass is 9.95.